The fraction of sp³-hybridized carbons (Fsp3) is 0.286. The maximum atomic E-state index is 10.6. The van der Waals surface area contributed by atoms with E-state index in [1.807, 2.05) is 6.07 Å². The summed E-state index contributed by atoms with van der Waals surface area (Å²) in [7, 11) is 0. The van der Waals surface area contributed by atoms with Crippen LogP contribution in [0.1, 0.15) is 19.5 Å². The number of aromatic nitrogens is 2. The van der Waals surface area contributed by atoms with Crippen molar-refractivity contribution >= 4 is 17.9 Å². The van der Waals surface area contributed by atoms with Gasteiger partial charge in [-0.3, -0.25) is 10.1 Å². The fourth-order valence-electron chi connectivity index (χ4n) is 1.94. The molecular formula is C14H15N3O2S. The van der Waals surface area contributed by atoms with Crippen molar-refractivity contribution < 1.29 is 4.92 Å². The summed E-state index contributed by atoms with van der Waals surface area (Å²) in [4.78, 5) is 17.7. The Morgan fingerprint density at radius 3 is 2.55 bits per heavy atom. The zero-order chi connectivity index (χ0) is 14.7. The van der Waals surface area contributed by atoms with E-state index in [2.05, 4.69) is 23.8 Å². The molecule has 0 aliphatic carbocycles. The largest absolute Gasteiger partial charge is 0.343 e. The lowest BCUT2D eigenvalue weighted by Crippen LogP contribution is -2.00. The number of non-ortho nitro benzene ring substituents is 1. The summed E-state index contributed by atoms with van der Waals surface area (Å²) in [5.74, 6) is 1.15. The van der Waals surface area contributed by atoms with Crippen LogP contribution in [-0.2, 0) is 6.42 Å². The van der Waals surface area contributed by atoms with Crippen molar-refractivity contribution in [2.24, 2.45) is 5.92 Å². The first-order chi connectivity index (χ1) is 9.45. The summed E-state index contributed by atoms with van der Waals surface area (Å²) in [6.45, 7) is 4.26. The Bertz CT molecular complexity index is 678. The normalized spacial score (nSPS) is 10.8. The minimum atomic E-state index is -0.422. The van der Waals surface area contributed by atoms with E-state index in [4.69, 9.17) is 12.2 Å². The maximum absolute atomic E-state index is 10.6. The highest BCUT2D eigenvalue weighted by atomic mass is 32.1. The highest BCUT2D eigenvalue weighted by Gasteiger charge is 2.08. The summed E-state index contributed by atoms with van der Waals surface area (Å²) >= 11 is 5.17. The highest BCUT2D eigenvalue weighted by molar-refractivity contribution is 7.71. The summed E-state index contributed by atoms with van der Waals surface area (Å²) in [6.07, 6.45) is 0.881. The monoisotopic (exact) mass is 289 g/mol. The molecule has 0 aliphatic heterocycles. The number of aromatic amines is 1. The Morgan fingerprint density at radius 2 is 2.00 bits per heavy atom. The zero-order valence-electron chi connectivity index (χ0n) is 11.3. The quantitative estimate of drug-likeness (QED) is 0.526. The van der Waals surface area contributed by atoms with Gasteiger partial charge in [0, 0.05) is 23.4 Å². The van der Waals surface area contributed by atoms with Crippen LogP contribution in [0.4, 0.5) is 5.69 Å². The van der Waals surface area contributed by atoms with Crippen LogP contribution < -0.4 is 0 Å². The number of nitrogens with zero attached hydrogens (tertiary/aromatic N) is 2. The molecule has 0 unspecified atom stereocenters. The van der Waals surface area contributed by atoms with E-state index in [0.29, 0.717) is 16.4 Å². The van der Waals surface area contributed by atoms with Gasteiger partial charge in [-0.2, -0.15) is 0 Å². The van der Waals surface area contributed by atoms with Crippen LogP contribution in [0.15, 0.2) is 30.3 Å². The fourth-order valence-corrected chi connectivity index (χ4v) is 2.17. The molecule has 0 amide bonds. The third-order valence-electron chi connectivity index (χ3n) is 2.78. The molecule has 0 saturated carbocycles. The van der Waals surface area contributed by atoms with Gasteiger partial charge in [0.05, 0.1) is 4.92 Å². The van der Waals surface area contributed by atoms with Crippen molar-refractivity contribution in [2.45, 2.75) is 20.3 Å². The van der Waals surface area contributed by atoms with E-state index >= 15 is 0 Å². The van der Waals surface area contributed by atoms with Crippen LogP contribution in [-0.4, -0.2) is 14.9 Å². The molecule has 6 heteroatoms. The van der Waals surface area contributed by atoms with Crippen LogP contribution >= 0.6 is 12.2 Å². The van der Waals surface area contributed by atoms with Gasteiger partial charge in [-0.15, -0.1) is 0 Å². The van der Waals surface area contributed by atoms with Gasteiger partial charge in [-0.05, 0) is 30.5 Å². The van der Waals surface area contributed by atoms with Crippen molar-refractivity contribution in [1.29, 1.82) is 0 Å². The minimum Gasteiger partial charge on any atom is -0.343 e. The molecule has 1 heterocycles. The molecule has 1 aromatic carbocycles. The molecule has 2 aromatic rings. The maximum Gasteiger partial charge on any atom is 0.269 e. The van der Waals surface area contributed by atoms with Gasteiger partial charge in [-0.25, -0.2) is 4.98 Å². The van der Waals surface area contributed by atoms with Gasteiger partial charge in [0.2, 0.25) is 0 Å². The molecule has 5 nitrogen and oxygen atoms in total. The molecule has 0 aliphatic rings. The van der Waals surface area contributed by atoms with E-state index in [-0.39, 0.29) is 5.69 Å². The van der Waals surface area contributed by atoms with Gasteiger partial charge in [0.1, 0.15) is 10.5 Å². The van der Waals surface area contributed by atoms with Crippen molar-refractivity contribution in [1.82, 2.24) is 9.97 Å². The lowest BCUT2D eigenvalue weighted by atomic mass is 10.1. The van der Waals surface area contributed by atoms with Gasteiger partial charge in [0.25, 0.3) is 5.69 Å². The molecule has 0 spiro atoms. The number of benzene rings is 1. The Balaban J connectivity index is 2.39. The van der Waals surface area contributed by atoms with Crippen molar-refractivity contribution in [3.05, 3.63) is 50.8 Å². The highest BCUT2D eigenvalue weighted by Crippen LogP contribution is 2.20. The van der Waals surface area contributed by atoms with E-state index in [1.165, 1.54) is 12.1 Å². The standard InChI is InChI=1S/C14H15N3O2S/c1-9(2)7-11-8-13(20)16-14(15-11)10-3-5-12(6-4-10)17(18)19/h3-6,8-9H,7H2,1-2H3,(H,15,16,20). The van der Waals surface area contributed by atoms with E-state index < -0.39 is 4.92 Å². The molecule has 104 valence electrons. The average Bonchev–Trinajstić information content (AvgIpc) is 2.37. The number of H-pyrrole nitrogens is 1. The zero-order valence-corrected chi connectivity index (χ0v) is 12.1. The smallest absolute Gasteiger partial charge is 0.269 e. The molecule has 2 rings (SSSR count). The number of hydrogen-bond acceptors (Lipinski definition) is 4. The lowest BCUT2D eigenvalue weighted by Gasteiger charge is -2.08. The summed E-state index contributed by atoms with van der Waals surface area (Å²) in [5, 5.41) is 10.6. The van der Waals surface area contributed by atoms with E-state index in [9.17, 15) is 10.1 Å². The van der Waals surface area contributed by atoms with Gasteiger partial charge >= 0.3 is 0 Å². The molecular weight excluding hydrogens is 274 g/mol. The van der Waals surface area contributed by atoms with Crippen LogP contribution in [0, 0.1) is 20.7 Å². The second-order valence-corrected chi connectivity index (χ2v) is 5.41. The van der Waals surface area contributed by atoms with Crippen LogP contribution in [0.3, 0.4) is 0 Å². The summed E-state index contributed by atoms with van der Waals surface area (Å²) < 4.78 is 0.521. The first kappa shape index (κ1) is 14.3. The number of hydrogen-bond donors (Lipinski definition) is 1. The SMILES string of the molecule is CC(C)Cc1cc(=S)nc(-c2ccc([N+](=O)[O-])cc2)[nH]1. The Kier molecular flexibility index (Phi) is 4.24. The number of nitrogens with one attached hydrogen (secondary N) is 1. The molecule has 20 heavy (non-hydrogen) atoms. The molecule has 0 bridgehead atoms. The molecule has 1 N–H and O–H groups in total. The number of rotatable bonds is 4. The van der Waals surface area contributed by atoms with Crippen LogP contribution in [0.25, 0.3) is 11.4 Å². The molecule has 0 saturated heterocycles. The van der Waals surface area contributed by atoms with E-state index in [0.717, 1.165) is 17.7 Å². The minimum absolute atomic E-state index is 0.0608. The molecule has 0 fully saturated rings. The lowest BCUT2D eigenvalue weighted by molar-refractivity contribution is -0.384. The first-order valence-corrected chi connectivity index (χ1v) is 6.71. The summed E-state index contributed by atoms with van der Waals surface area (Å²) in [6, 6.07) is 8.12. The molecule has 1 aromatic heterocycles. The average molecular weight is 289 g/mol. The summed E-state index contributed by atoms with van der Waals surface area (Å²) in [5.41, 5.74) is 1.87. The third kappa shape index (κ3) is 3.48. The van der Waals surface area contributed by atoms with E-state index in [1.54, 1.807) is 12.1 Å². The van der Waals surface area contributed by atoms with Crippen molar-refractivity contribution in [2.75, 3.05) is 0 Å². The number of nitro groups is 1. The second kappa shape index (κ2) is 5.92. The predicted molar refractivity (Wildman–Crippen MR) is 80.1 cm³/mol. The Labute approximate surface area is 121 Å². The predicted octanol–water partition coefficient (Wildman–Crippen LogP) is 3.91. The molecule has 0 radical (unpaired) electrons. The first-order valence-electron chi connectivity index (χ1n) is 6.31. The van der Waals surface area contributed by atoms with Gasteiger partial charge in [-0.1, -0.05) is 26.1 Å². The second-order valence-electron chi connectivity index (χ2n) is 5.00. The molecule has 0 atom stereocenters. The van der Waals surface area contributed by atoms with Crippen molar-refractivity contribution in [3.63, 3.8) is 0 Å². The van der Waals surface area contributed by atoms with Crippen LogP contribution in [0.5, 0.6) is 0 Å². The Hall–Kier alpha value is -2.08. The topological polar surface area (TPSA) is 71.8 Å². The Morgan fingerprint density at radius 1 is 1.35 bits per heavy atom. The van der Waals surface area contributed by atoms with Gasteiger partial charge < -0.3 is 4.98 Å². The van der Waals surface area contributed by atoms with Gasteiger partial charge in [0.15, 0.2) is 0 Å². The van der Waals surface area contributed by atoms with Crippen molar-refractivity contribution in [3.8, 4) is 11.4 Å². The van der Waals surface area contributed by atoms with Crippen LogP contribution in [0.2, 0.25) is 0 Å². The third-order valence-corrected chi connectivity index (χ3v) is 2.99. The number of nitro benzene ring substituents is 1.